The molecule has 0 bridgehead atoms. The molecule has 3 heterocycles. The summed E-state index contributed by atoms with van der Waals surface area (Å²) in [5.41, 5.74) is 1.63. The van der Waals surface area contributed by atoms with Crippen LogP contribution in [0, 0.1) is 0 Å². The molecule has 30 heavy (non-hydrogen) atoms. The Balaban J connectivity index is 1.79. The molecule has 1 aliphatic carbocycles. The molecule has 1 fully saturated rings. The van der Waals surface area contributed by atoms with Crippen LogP contribution in [-0.2, 0) is 19.0 Å². The lowest BCUT2D eigenvalue weighted by Gasteiger charge is -2.49. The minimum Gasteiger partial charge on any atom is -0.477 e. The molecule has 0 atom stereocenters. The first kappa shape index (κ1) is 18.7. The smallest absolute Gasteiger partial charge is 0.341 e. The number of halogens is 2. The number of rotatable bonds is 3. The maximum atomic E-state index is 14.0. The maximum Gasteiger partial charge on any atom is 0.341 e. The van der Waals surface area contributed by atoms with Crippen molar-refractivity contribution < 1.29 is 18.7 Å². The number of aromatic nitrogens is 3. The van der Waals surface area contributed by atoms with E-state index in [1.807, 2.05) is 4.57 Å². The minimum atomic E-state index is -2.71. The summed E-state index contributed by atoms with van der Waals surface area (Å²) in [7, 11) is 1.73. The fourth-order valence-corrected chi connectivity index (χ4v) is 4.77. The molecular weight excluding hydrogens is 392 g/mol. The van der Waals surface area contributed by atoms with E-state index in [1.165, 1.54) is 18.3 Å². The van der Waals surface area contributed by atoms with Crippen molar-refractivity contribution in [3.8, 4) is 22.4 Å². The van der Waals surface area contributed by atoms with E-state index in [4.69, 9.17) is 0 Å². The van der Waals surface area contributed by atoms with Crippen molar-refractivity contribution in [2.24, 2.45) is 7.05 Å². The van der Waals surface area contributed by atoms with E-state index < -0.39 is 17.8 Å². The van der Waals surface area contributed by atoms with Crippen molar-refractivity contribution >= 4 is 5.97 Å². The van der Waals surface area contributed by atoms with Gasteiger partial charge in [0.2, 0.25) is 0 Å². The van der Waals surface area contributed by atoms with Crippen LogP contribution in [0.5, 0.6) is 0 Å². The Kier molecular flexibility index (Phi) is 3.96. The van der Waals surface area contributed by atoms with Crippen molar-refractivity contribution in [1.82, 2.24) is 14.3 Å². The van der Waals surface area contributed by atoms with E-state index in [0.29, 0.717) is 28.8 Å². The van der Waals surface area contributed by atoms with E-state index >= 15 is 0 Å². The summed E-state index contributed by atoms with van der Waals surface area (Å²) in [6, 6.07) is 4.51. The van der Waals surface area contributed by atoms with Gasteiger partial charge in [0.25, 0.3) is 6.43 Å². The van der Waals surface area contributed by atoms with Gasteiger partial charge in [-0.15, -0.1) is 0 Å². The number of carboxylic acid groups (broad SMARTS) is 1. The highest BCUT2D eigenvalue weighted by atomic mass is 19.3. The molecule has 5 rings (SSSR count). The van der Waals surface area contributed by atoms with Crippen LogP contribution in [0.25, 0.3) is 22.4 Å². The number of aromatic carboxylic acids is 1. The van der Waals surface area contributed by atoms with Gasteiger partial charge in [0, 0.05) is 47.7 Å². The number of hydrogen-bond donors (Lipinski definition) is 1. The number of fused-ring (bicyclic) bond motifs is 4. The summed E-state index contributed by atoms with van der Waals surface area (Å²) in [6.07, 6.45) is 5.24. The lowest BCUT2D eigenvalue weighted by molar-refractivity contribution is 0.0691. The summed E-state index contributed by atoms with van der Waals surface area (Å²) in [4.78, 5) is 23.9. The van der Waals surface area contributed by atoms with E-state index in [2.05, 4.69) is 5.10 Å². The molecule has 1 aliphatic heterocycles. The Morgan fingerprint density at radius 1 is 1.20 bits per heavy atom. The van der Waals surface area contributed by atoms with Crippen LogP contribution >= 0.6 is 0 Å². The Morgan fingerprint density at radius 2 is 1.97 bits per heavy atom. The molecule has 8 heteroatoms. The first-order valence-electron chi connectivity index (χ1n) is 9.74. The quantitative estimate of drug-likeness (QED) is 0.707. The van der Waals surface area contributed by atoms with Crippen molar-refractivity contribution in [2.45, 2.75) is 37.6 Å². The molecule has 1 aromatic carbocycles. The topological polar surface area (TPSA) is 77.1 Å². The normalized spacial score (nSPS) is 16.3. The summed E-state index contributed by atoms with van der Waals surface area (Å²) >= 11 is 0. The molecule has 0 unspecified atom stereocenters. The number of alkyl halides is 2. The largest absolute Gasteiger partial charge is 0.477 e. The second-order valence-electron chi connectivity index (χ2n) is 8.17. The number of carboxylic acids is 1. The van der Waals surface area contributed by atoms with E-state index in [9.17, 15) is 23.5 Å². The number of carbonyl (C=O) groups is 1. The third kappa shape index (κ3) is 2.63. The zero-order valence-electron chi connectivity index (χ0n) is 16.2. The Bertz CT molecular complexity index is 1250. The van der Waals surface area contributed by atoms with Crippen molar-refractivity contribution in [2.75, 3.05) is 0 Å². The molecule has 0 saturated heterocycles. The third-order valence-corrected chi connectivity index (χ3v) is 6.40. The second-order valence-corrected chi connectivity index (χ2v) is 8.17. The van der Waals surface area contributed by atoms with Crippen LogP contribution in [0.15, 0.2) is 41.6 Å². The van der Waals surface area contributed by atoms with Crippen molar-refractivity contribution in [1.29, 1.82) is 0 Å². The maximum absolute atomic E-state index is 14.0. The van der Waals surface area contributed by atoms with Gasteiger partial charge < -0.3 is 9.67 Å². The minimum absolute atomic E-state index is 0.132. The first-order chi connectivity index (χ1) is 14.3. The number of aryl methyl sites for hydroxylation is 1. The van der Waals surface area contributed by atoms with Crippen LogP contribution in [0.1, 0.15) is 47.2 Å². The number of benzene rings is 1. The highest BCUT2D eigenvalue weighted by Crippen LogP contribution is 2.50. The average Bonchev–Trinajstić information content (AvgIpc) is 3.10. The monoisotopic (exact) mass is 411 g/mol. The SMILES string of the molecule is Cn1cc(-c2cc3c(cc2C(F)F)-c2cc(=O)c(C(=O)O)cn2C2(CCC2)C3)cn1. The summed E-state index contributed by atoms with van der Waals surface area (Å²) in [5, 5.41) is 13.5. The van der Waals surface area contributed by atoms with Gasteiger partial charge in [-0.1, -0.05) is 0 Å². The van der Waals surface area contributed by atoms with Crippen LogP contribution in [0.2, 0.25) is 0 Å². The van der Waals surface area contributed by atoms with E-state index in [1.54, 1.807) is 30.2 Å². The Labute approximate surface area is 170 Å². The summed E-state index contributed by atoms with van der Waals surface area (Å²) < 4.78 is 31.3. The van der Waals surface area contributed by atoms with Crippen LogP contribution in [-0.4, -0.2) is 25.4 Å². The van der Waals surface area contributed by atoms with Gasteiger partial charge >= 0.3 is 5.97 Å². The second kappa shape index (κ2) is 6.35. The van der Waals surface area contributed by atoms with Crippen molar-refractivity contribution in [3.63, 3.8) is 0 Å². The lowest BCUT2D eigenvalue weighted by Crippen LogP contribution is -2.46. The lowest BCUT2D eigenvalue weighted by atomic mass is 9.69. The van der Waals surface area contributed by atoms with Crippen LogP contribution in [0.3, 0.4) is 0 Å². The van der Waals surface area contributed by atoms with Crippen LogP contribution in [0.4, 0.5) is 8.78 Å². The predicted octanol–water partition coefficient (Wildman–Crippen LogP) is 3.99. The zero-order chi connectivity index (χ0) is 21.2. The van der Waals surface area contributed by atoms with Gasteiger partial charge in [-0.2, -0.15) is 5.10 Å². The molecule has 0 amide bonds. The van der Waals surface area contributed by atoms with Gasteiger partial charge in [-0.3, -0.25) is 9.48 Å². The predicted molar refractivity (Wildman–Crippen MR) is 106 cm³/mol. The van der Waals surface area contributed by atoms with Gasteiger partial charge in [-0.05, 0) is 48.9 Å². The van der Waals surface area contributed by atoms with Gasteiger partial charge in [-0.25, -0.2) is 13.6 Å². The Hall–Kier alpha value is -3.29. The fourth-order valence-electron chi connectivity index (χ4n) is 4.77. The summed E-state index contributed by atoms with van der Waals surface area (Å²) in [6.45, 7) is 0. The van der Waals surface area contributed by atoms with E-state index in [-0.39, 0.29) is 16.7 Å². The van der Waals surface area contributed by atoms with Gasteiger partial charge in [0.15, 0.2) is 5.43 Å². The molecule has 1 N–H and O–H groups in total. The molecule has 1 saturated carbocycles. The zero-order valence-corrected chi connectivity index (χ0v) is 16.2. The highest BCUT2D eigenvalue weighted by molar-refractivity contribution is 5.88. The highest BCUT2D eigenvalue weighted by Gasteiger charge is 2.43. The van der Waals surface area contributed by atoms with Crippen LogP contribution < -0.4 is 5.43 Å². The Morgan fingerprint density at radius 3 is 2.53 bits per heavy atom. The number of hydrogen-bond acceptors (Lipinski definition) is 3. The molecule has 3 aromatic rings. The molecule has 6 nitrogen and oxygen atoms in total. The average molecular weight is 411 g/mol. The van der Waals surface area contributed by atoms with E-state index in [0.717, 1.165) is 24.8 Å². The van der Waals surface area contributed by atoms with Gasteiger partial charge in [0.1, 0.15) is 5.56 Å². The first-order valence-corrected chi connectivity index (χ1v) is 9.74. The fraction of sp³-hybridized carbons (Fsp3) is 0.318. The number of nitrogens with zero attached hydrogens (tertiary/aromatic N) is 3. The standard InChI is InChI=1S/C22H19F2N3O3/c1-26-10-13(9-25-26)14-5-12-8-22(3-2-4-22)27-11-17(21(29)30)19(28)7-18(27)15(12)6-16(14)20(23)24/h5-7,9-11,20H,2-4,8H2,1H3,(H,29,30). The number of pyridine rings is 1. The van der Waals surface area contributed by atoms with Crippen molar-refractivity contribution in [3.05, 3.63) is 63.7 Å². The summed E-state index contributed by atoms with van der Waals surface area (Å²) in [5.74, 6) is -1.28. The molecular formula is C22H19F2N3O3. The molecule has 2 aromatic heterocycles. The molecule has 1 spiro atoms. The molecule has 0 radical (unpaired) electrons. The molecule has 2 aliphatic rings. The van der Waals surface area contributed by atoms with Gasteiger partial charge in [0.05, 0.1) is 11.9 Å². The molecule has 154 valence electrons. The third-order valence-electron chi connectivity index (χ3n) is 6.40.